The van der Waals surface area contributed by atoms with Crippen LogP contribution in [0.3, 0.4) is 0 Å². The quantitative estimate of drug-likeness (QED) is 0.804. The van der Waals surface area contributed by atoms with E-state index in [0.29, 0.717) is 12.6 Å². The molecule has 1 aromatic carbocycles. The molecule has 0 saturated heterocycles. The fourth-order valence-corrected chi connectivity index (χ4v) is 3.25. The summed E-state index contributed by atoms with van der Waals surface area (Å²) in [5.41, 5.74) is 8.69. The Hall–Kier alpha value is -1.92. The first kappa shape index (κ1) is 12.8. The fraction of sp³-hybridized carbons (Fsp3) is 0.333. The third-order valence-electron chi connectivity index (χ3n) is 3.76. The van der Waals surface area contributed by atoms with E-state index in [2.05, 4.69) is 15.6 Å². The minimum absolute atomic E-state index is 0.474. The third kappa shape index (κ3) is 2.11. The van der Waals surface area contributed by atoms with Gasteiger partial charge in [0, 0.05) is 24.0 Å². The molecule has 0 amide bonds. The van der Waals surface area contributed by atoms with Gasteiger partial charge in [0.05, 0.1) is 18.1 Å². The molecule has 0 atom stereocenters. The normalized spacial score (nSPS) is 14.8. The summed E-state index contributed by atoms with van der Waals surface area (Å²) in [6.07, 6.45) is 2.41. The van der Waals surface area contributed by atoms with Gasteiger partial charge < -0.3 is 15.0 Å². The van der Waals surface area contributed by atoms with Crippen LogP contribution in [0.4, 0.5) is 0 Å². The number of nitrogens with two attached hydrogens (primary N) is 1. The highest BCUT2D eigenvalue weighted by atomic mass is 32.1. The average Bonchev–Trinajstić information content (AvgIpc) is 3.12. The minimum Gasteiger partial charge on any atom is -0.497 e. The van der Waals surface area contributed by atoms with E-state index >= 15 is 0 Å². The van der Waals surface area contributed by atoms with Crippen molar-refractivity contribution < 1.29 is 4.74 Å². The van der Waals surface area contributed by atoms with Crippen molar-refractivity contribution in [1.29, 1.82) is 0 Å². The van der Waals surface area contributed by atoms with Crippen LogP contribution in [-0.2, 0) is 6.54 Å². The molecule has 5 nitrogen and oxygen atoms in total. The summed E-state index contributed by atoms with van der Waals surface area (Å²) in [5, 5.41) is 2.98. The lowest BCUT2D eigenvalue weighted by Crippen LogP contribution is -1.99. The predicted molar refractivity (Wildman–Crippen MR) is 83.6 cm³/mol. The van der Waals surface area contributed by atoms with Gasteiger partial charge in [-0.15, -0.1) is 11.3 Å². The molecular formula is C15H16N4OS. The average molecular weight is 300 g/mol. The number of fused-ring (bicyclic) bond motifs is 1. The second kappa shape index (κ2) is 4.82. The van der Waals surface area contributed by atoms with Crippen LogP contribution in [0.5, 0.6) is 5.75 Å². The highest BCUT2D eigenvalue weighted by Gasteiger charge is 2.29. The number of hydrogen-bond acceptors (Lipinski definition) is 5. The summed E-state index contributed by atoms with van der Waals surface area (Å²) >= 11 is 1.59. The van der Waals surface area contributed by atoms with E-state index in [9.17, 15) is 0 Å². The number of rotatable bonds is 4. The molecule has 108 valence electrons. The number of benzene rings is 1. The molecule has 21 heavy (non-hydrogen) atoms. The number of imidazole rings is 1. The van der Waals surface area contributed by atoms with Crippen molar-refractivity contribution in [2.45, 2.75) is 25.4 Å². The lowest BCUT2D eigenvalue weighted by Gasteiger charge is -2.05. The van der Waals surface area contributed by atoms with Gasteiger partial charge in [-0.2, -0.15) is 0 Å². The third-order valence-corrected chi connectivity index (χ3v) is 4.64. The molecule has 1 fully saturated rings. The fourth-order valence-electron chi connectivity index (χ4n) is 2.60. The Labute approximate surface area is 126 Å². The molecule has 2 aromatic heterocycles. The minimum atomic E-state index is 0.474. The van der Waals surface area contributed by atoms with Gasteiger partial charge in [-0.25, -0.2) is 9.97 Å². The zero-order chi connectivity index (χ0) is 14.4. The van der Waals surface area contributed by atoms with Gasteiger partial charge in [0.25, 0.3) is 0 Å². The zero-order valence-electron chi connectivity index (χ0n) is 11.7. The monoisotopic (exact) mass is 300 g/mol. The molecule has 1 aliphatic rings. The first-order chi connectivity index (χ1) is 10.3. The number of aromatic nitrogens is 3. The van der Waals surface area contributed by atoms with Crippen LogP contribution >= 0.6 is 11.3 Å². The van der Waals surface area contributed by atoms with Gasteiger partial charge in [0.2, 0.25) is 0 Å². The van der Waals surface area contributed by atoms with Crippen LogP contribution in [0.25, 0.3) is 22.6 Å². The molecule has 2 heterocycles. The van der Waals surface area contributed by atoms with Crippen molar-refractivity contribution in [1.82, 2.24) is 14.5 Å². The number of methoxy groups -OCH3 is 1. The van der Waals surface area contributed by atoms with Gasteiger partial charge in [-0.05, 0) is 25.0 Å². The molecule has 4 rings (SSSR count). The molecule has 0 bridgehead atoms. The molecule has 3 aromatic rings. The second-order valence-electron chi connectivity index (χ2n) is 5.22. The van der Waals surface area contributed by atoms with Crippen molar-refractivity contribution in [3.05, 3.63) is 28.6 Å². The molecule has 1 aliphatic carbocycles. The van der Waals surface area contributed by atoms with E-state index < -0.39 is 0 Å². The second-order valence-corrected chi connectivity index (χ2v) is 6.16. The van der Waals surface area contributed by atoms with Gasteiger partial charge in [0.15, 0.2) is 5.82 Å². The maximum Gasteiger partial charge on any atom is 0.160 e. The molecule has 1 saturated carbocycles. The smallest absolute Gasteiger partial charge is 0.160 e. The molecular weight excluding hydrogens is 284 g/mol. The van der Waals surface area contributed by atoms with Gasteiger partial charge in [-0.3, -0.25) is 0 Å². The van der Waals surface area contributed by atoms with Crippen molar-refractivity contribution in [2.75, 3.05) is 7.11 Å². The highest BCUT2D eigenvalue weighted by molar-refractivity contribution is 7.09. The van der Waals surface area contributed by atoms with Crippen LogP contribution in [0.15, 0.2) is 23.6 Å². The van der Waals surface area contributed by atoms with Gasteiger partial charge >= 0.3 is 0 Å². The summed E-state index contributed by atoms with van der Waals surface area (Å²) in [5.74, 6) is 1.77. The van der Waals surface area contributed by atoms with E-state index in [1.54, 1.807) is 18.4 Å². The highest BCUT2D eigenvalue weighted by Crippen LogP contribution is 2.41. The van der Waals surface area contributed by atoms with E-state index in [1.165, 1.54) is 12.8 Å². The van der Waals surface area contributed by atoms with Crippen molar-refractivity contribution >= 4 is 22.4 Å². The summed E-state index contributed by atoms with van der Waals surface area (Å²) in [7, 11) is 1.67. The zero-order valence-corrected chi connectivity index (χ0v) is 12.6. The summed E-state index contributed by atoms with van der Waals surface area (Å²) in [6.45, 7) is 0.474. The number of nitrogens with zero attached hydrogens (tertiary/aromatic N) is 3. The lowest BCUT2D eigenvalue weighted by atomic mass is 10.3. The molecule has 6 heteroatoms. The summed E-state index contributed by atoms with van der Waals surface area (Å²) in [6, 6.07) is 6.59. The Morgan fingerprint density at radius 2 is 2.24 bits per heavy atom. The maximum absolute atomic E-state index is 5.67. The first-order valence-electron chi connectivity index (χ1n) is 7.01. The van der Waals surface area contributed by atoms with Crippen LogP contribution in [0.2, 0.25) is 0 Å². The van der Waals surface area contributed by atoms with E-state index in [0.717, 1.165) is 33.3 Å². The van der Waals surface area contributed by atoms with Crippen molar-refractivity contribution in [2.24, 2.45) is 5.73 Å². The Kier molecular flexibility index (Phi) is 2.94. The van der Waals surface area contributed by atoms with Crippen LogP contribution < -0.4 is 10.5 Å². The largest absolute Gasteiger partial charge is 0.497 e. The Morgan fingerprint density at radius 3 is 2.90 bits per heavy atom. The molecule has 0 aliphatic heterocycles. The standard InChI is InChI=1S/C15H16N4OS/c1-20-10-4-5-13-11(6-10)18-15(19(13)9-2-3-9)12-8-21-14(7-16)17-12/h4-6,8-9H,2-3,7,16H2,1H3. The molecule has 2 N–H and O–H groups in total. The van der Waals surface area contributed by atoms with Crippen LogP contribution in [-0.4, -0.2) is 21.6 Å². The SMILES string of the molecule is COc1ccc2c(c1)nc(-c1csc(CN)n1)n2C1CC1. The van der Waals surface area contributed by atoms with E-state index in [1.807, 2.05) is 17.5 Å². The molecule has 0 radical (unpaired) electrons. The summed E-state index contributed by atoms with van der Waals surface area (Å²) in [4.78, 5) is 9.37. The van der Waals surface area contributed by atoms with Crippen molar-refractivity contribution in [3.63, 3.8) is 0 Å². The van der Waals surface area contributed by atoms with Gasteiger partial charge in [-0.1, -0.05) is 0 Å². The molecule has 0 spiro atoms. The van der Waals surface area contributed by atoms with E-state index in [-0.39, 0.29) is 0 Å². The Morgan fingerprint density at radius 1 is 1.38 bits per heavy atom. The lowest BCUT2D eigenvalue weighted by molar-refractivity contribution is 0.415. The number of thiazole rings is 1. The number of hydrogen-bond donors (Lipinski definition) is 1. The Bertz CT molecular complexity index is 803. The van der Waals surface area contributed by atoms with Crippen molar-refractivity contribution in [3.8, 4) is 17.3 Å². The maximum atomic E-state index is 5.67. The van der Waals surface area contributed by atoms with Gasteiger partial charge in [0.1, 0.15) is 16.5 Å². The summed E-state index contributed by atoms with van der Waals surface area (Å²) < 4.78 is 7.61. The topological polar surface area (TPSA) is 66.0 Å². The van der Waals surface area contributed by atoms with Crippen LogP contribution in [0, 0.1) is 0 Å². The predicted octanol–water partition coefficient (Wildman–Crippen LogP) is 2.96. The molecule has 0 unspecified atom stereocenters. The first-order valence-corrected chi connectivity index (χ1v) is 7.89. The van der Waals surface area contributed by atoms with Crippen LogP contribution in [0.1, 0.15) is 23.9 Å². The Balaban J connectivity index is 1.92. The van der Waals surface area contributed by atoms with E-state index in [4.69, 9.17) is 15.5 Å². The number of ether oxygens (including phenoxy) is 1.